The molecule has 4 atom stereocenters. The van der Waals surface area contributed by atoms with Crippen LogP contribution in [-0.2, 0) is 19.1 Å². The number of alkyl halides is 3. The van der Waals surface area contributed by atoms with Gasteiger partial charge >= 0.3 is 6.18 Å². The van der Waals surface area contributed by atoms with Gasteiger partial charge < -0.3 is 15.5 Å². The third kappa shape index (κ3) is 5.58. The Balaban J connectivity index is 1.47. The molecule has 0 saturated heterocycles. The van der Waals surface area contributed by atoms with Gasteiger partial charge in [-0.1, -0.05) is 42.5 Å². The van der Waals surface area contributed by atoms with Crippen molar-refractivity contribution in [1.29, 1.82) is 0 Å². The number of halogens is 3. The van der Waals surface area contributed by atoms with E-state index in [1.807, 2.05) is 36.4 Å². The smallest absolute Gasteiger partial charge is 0.396 e. The minimum atomic E-state index is -4.36. The van der Waals surface area contributed by atoms with Gasteiger partial charge in [-0.2, -0.15) is 13.2 Å². The van der Waals surface area contributed by atoms with Crippen molar-refractivity contribution in [2.45, 2.75) is 37.7 Å². The van der Waals surface area contributed by atoms with Crippen LogP contribution in [0.2, 0.25) is 0 Å². The fraction of sp³-hybridized carbons (Fsp3) is 0.360. The van der Waals surface area contributed by atoms with Gasteiger partial charge in [0.15, 0.2) is 5.82 Å². The SMILES string of the molecule is OC[C@@H]1[C@@H](Cc2ccnc(-c3ccccc3)n2)[C@H](NCc2ccc(C(F)(F)F)cc2)C[C@H]1O. The zero-order chi connectivity index (χ0) is 23.4. The van der Waals surface area contributed by atoms with Crippen molar-refractivity contribution in [1.82, 2.24) is 15.3 Å². The van der Waals surface area contributed by atoms with Gasteiger partial charge in [-0.3, -0.25) is 0 Å². The molecule has 0 bridgehead atoms. The molecule has 0 radical (unpaired) electrons. The van der Waals surface area contributed by atoms with Crippen molar-refractivity contribution in [3.63, 3.8) is 0 Å². The van der Waals surface area contributed by atoms with Gasteiger partial charge in [0.1, 0.15) is 0 Å². The van der Waals surface area contributed by atoms with Crippen LogP contribution in [0.3, 0.4) is 0 Å². The van der Waals surface area contributed by atoms with Gasteiger partial charge in [-0.15, -0.1) is 0 Å². The molecule has 33 heavy (non-hydrogen) atoms. The van der Waals surface area contributed by atoms with Gasteiger partial charge in [0.25, 0.3) is 0 Å². The molecule has 174 valence electrons. The molecule has 1 aliphatic carbocycles. The molecule has 3 aromatic rings. The summed E-state index contributed by atoms with van der Waals surface area (Å²) in [6, 6.07) is 16.4. The molecule has 8 heteroatoms. The summed E-state index contributed by atoms with van der Waals surface area (Å²) in [6.07, 6.45) is -2.34. The second-order valence-electron chi connectivity index (χ2n) is 8.44. The lowest BCUT2D eigenvalue weighted by Crippen LogP contribution is -2.36. The van der Waals surface area contributed by atoms with Crippen LogP contribution in [-0.4, -0.2) is 38.9 Å². The largest absolute Gasteiger partial charge is 0.416 e. The van der Waals surface area contributed by atoms with E-state index in [1.165, 1.54) is 12.1 Å². The first-order chi connectivity index (χ1) is 15.8. The molecular weight excluding hydrogens is 431 g/mol. The van der Waals surface area contributed by atoms with Crippen molar-refractivity contribution in [2.75, 3.05) is 6.61 Å². The number of aliphatic hydroxyl groups excluding tert-OH is 2. The lowest BCUT2D eigenvalue weighted by atomic mass is 9.88. The molecule has 3 N–H and O–H groups in total. The maximum absolute atomic E-state index is 12.8. The highest BCUT2D eigenvalue weighted by atomic mass is 19.4. The third-order valence-corrected chi connectivity index (χ3v) is 6.31. The lowest BCUT2D eigenvalue weighted by Gasteiger charge is -2.25. The average Bonchev–Trinajstić information content (AvgIpc) is 3.12. The van der Waals surface area contributed by atoms with Crippen molar-refractivity contribution in [3.05, 3.63) is 83.7 Å². The van der Waals surface area contributed by atoms with Crippen LogP contribution in [0.4, 0.5) is 13.2 Å². The third-order valence-electron chi connectivity index (χ3n) is 6.31. The number of hydrogen-bond donors (Lipinski definition) is 3. The van der Waals surface area contributed by atoms with Gasteiger partial charge in [-0.25, -0.2) is 9.97 Å². The molecule has 1 aromatic heterocycles. The number of nitrogens with zero attached hydrogens (tertiary/aromatic N) is 2. The van der Waals surface area contributed by atoms with E-state index in [1.54, 1.807) is 6.20 Å². The molecule has 1 heterocycles. The van der Waals surface area contributed by atoms with Crippen LogP contribution in [0.25, 0.3) is 11.4 Å². The first kappa shape index (κ1) is 23.4. The molecule has 1 fully saturated rings. The first-order valence-electron chi connectivity index (χ1n) is 10.9. The number of hydrogen-bond acceptors (Lipinski definition) is 5. The highest BCUT2D eigenvalue weighted by Crippen LogP contribution is 2.35. The van der Waals surface area contributed by atoms with E-state index in [0.717, 1.165) is 29.0 Å². The quantitative estimate of drug-likeness (QED) is 0.502. The summed E-state index contributed by atoms with van der Waals surface area (Å²) in [6.45, 7) is 0.212. The second kappa shape index (κ2) is 9.99. The molecule has 0 unspecified atom stereocenters. The van der Waals surface area contributed by atoms with Gasteiger partial charge in [0.2, 0.25) is 0 Å². The number of aliphatic hydroxyl groups is 2. The normalized spacial score (nSPS) is 23.1. The van der Waals surface area contributed by atoms with Gasteiger partial charge in [0.05, 0.1) is 11.7 Å². The van der Waals surface area contributed by atoms with Gasteiger partial charge in [-0.05, 0) is 42.5 Å². The summed E-state index contributed by atoms with van der Waals surface area (Å²) >= 11 is 0. The Morgan fingerprint density at radius 2 is 1.70 bits per heavy atom. The van der Waals surface area contributed by atoms with E-state index < -0.39 is 17.8 Å². The Morgan fingerprint density at radius 3 is 2.36 bits per heavy atom. The molecule has 0 spiro atoms. The maximum atomic E-state index is 12.8. The van der Waals surface area contributed by atoms with Crippen LogP contribution >= 0.6 is 0 Å². The number of nitrogens with one attached hydrogen (secondary N) is 1. The Morgan fingerprint density at radius 1 is 0.970 bits per heavy atom. The monoisotopic (exact) mass is 457 g/mol. The van der Waals surface area contributed by atoms with Gasteiger partial charge in [0, 0.05) is 42.6 Å². The van der Waals surface area contributed by atoms with E-state index in [2.05, 4.69) is 15.3 Å². The van der Waals surface area contributed by atoms with Crippen molar-refractivity contribution in [3.8, 4) is 11.4 Å². The number of rotatable bonds is 7. The summed E-state index contributed by atoms with van der Waals surface area (Å²) in [5.41, 5.74) is 1.75. The van der Waals surface area contributed by atoms with Crippen LogP contribution in [0.1, 0.15) is 23.2 Å². The summed E-state index contributed by atoms with van der Waals surface area (Å²) in [4.78, 5) is 9.03. The fourth-order valence-corrected chi connectivity index (χ4v) is 4.52. The zero-order valence-electron chi connectivity index (χ0n) is 17.9. The first-order valence-corrected chi connectivity index (χ1v) is 10.9. The Kier molecular flexibility index (Phi) is 7.07. The predicted molar refractivity (Wildman–Crippen MR) is 118 cm³/mol. The Hall–Kier alpha value is -2.81. The summed E-state index contributed by atoms with van der Waals surface area (Å²) < 4.78 is 38.4. The van der Waals surface area contributed by atoms with Crippen LogP contribution in [0, 0.1) is 11.8 Å². The number of benzene rings is 2. The van der Waals surface area contributed by atoms with Crippen molar-refractivity contribution >= 4 is 0 Å². The highest BCUT2D eigenvalue weighted by molar-refractivity contribution is 5.54. The topological polar surface area (TPSA) is 78.3 Å². The molecule has 1 aliphatic rings. The molecule has 0 aliphatic heterocycles. The lowest BCUT2D eigenvalue weighted by molar-refractivity contribution is -0.137. The zero-order valence-corrected chi connectivity index (χ0v) is 17.9. The molecule has 0 amide bonds. The van der Waals surface area contributed by atoms with E-state index in [9.17, 15) is 23.4 Å². The van der Waals surface area contributed by atoms with Crippen LogP contribution in [0.15, 0.2) is 66.9 Å². The Labute approximate surface area is 190 Å². The van der Waals surface area contributed by atoms with Crippen molar-refractivity contribution in [2.24, 2.45) is 11.8 Å². The molecule has 4 rings (SSSR count). The standard InChI is InChI=1S/C25H26F3N3O2/c26-25(27,28)18-8-6-16(7-9-18)14-30-22-13-23(33)21(15-32)20(22)12-19-10-11-29-24(31-19)17-4-2-1-3-5-17/h1-11,20-23,30,32-33H,12-15H2/t20-,21-,22-,23-/m1/s1. The molecule has 1 saturated carbocycles. The molecule has 2 aromatic carbocycles. The Bertz CT molecular complexity index is 1040. The van der Waals surface area contributed by atoms with Crippen molar-refractivity contribution < 1.29 is 23.4 Å². The predicted octanol–water partition coefficient (Wildman–Crippen LogP) is 3.85. The summed E-state index contributed by atoms with van der Waals surface area (Å²) in [5.74, 6) is 0.213. The highest BCUT2D eigenvalue weighted by Gasteiger charge is 2.42. The van der Waals surface area contributed by atoms with E-state index in [0.29, 0.717) is 25.2 Å². The van der Waals surface area contributed by atoms with Crippen LogP contribution in [0.5, 0.6) is 0 Å². The van der Waals surface area contributed by atoms with E-state index >= 15 is 0 Å². The molecular formula is C25H26F3N3O2. The van der Waals surface area contributed by atoms with E-state index in [-0.39, 0.29) is 24.5 Å². The summed E-state index contributed by atoms with van der Waals surface area (Å²) in [5, 5.41) is 23.8. The molecule has 5 nitrogen and oxygen atoms in total. The number of aromatic nitrogens is 2. The summed E-state index contributed by atoms with van der Waals surface area (Å²) in [7, 11) is 0. The van der Waals surface area contributed by atoms with Crippen LogP contribution < -0.4 is 5.32 Å². The maximum Gasteiger partial charge on any atom is 0.416 e. The second-order valence-corrected chi connectivity index (χ2v) is 8.44. The minimum Gasteiger partial charge on any atom is -0.396 e. The minimum absolute atomic E-state index is 0.0852. The fourth-order valence-electron chi connectivity index (χ4n) is 4.52. The average molecular weight is 457 g/mol. The van der Waals surface area contributed by atoms with E-state index in [4.69, 9.17) is 0 Å².